The van der Waals surface area contributed by atoms with Gasteiger partial charge in [-0.3, -0.25) is 4.79 Å². The van der Waals surface area contributed by atoms with Crippen LogP contribution in [0.3, 0.4) is 0 Å². The van der Waals surface area contributed by atoms with Crippen molar-refractivity contribution < 1.29 is 9.90 Å². The molecule has 1 heterocycles. The van der Waals surface area contributed by atoms with Crippen molar-refractivity contribution >= 4 is 5.91 Å². The summed E-state index contributed by atoms with van der Waals surface area (Å²) < 4.78 is 0. The van der Waals surface area contributed by atoms with E-state index in [0.717, 1.165) is 0 Å². The molecule has 2 N–H and O–H groups in total. The summed E-state index contributed by atoms with van der Waals surface area (Å²) in [7, 11) is 1.73. The van der Waals surface area contributed by atoms with Gasteiger partial charge in [-0.1, -0.05) is 0 Å². The molecule has 0 aromatic carbocycles. The molecular weight excluding hydrogens is 144 g/mol. The average molecular weight is 158 g/mol. The third-order valence-corrected chi connectivity index (χ3v) is 1.74. The molecule has 0 aromatic rings. The van der Waals surface area contributed by atoms with Crippen molar-refractivity contribution in [3.8, 4) is 0 Å². The zero-order valence-electron chi connectivity index (χ0n) is 6.92. The number of rotatable bonds is 2. The van der Waals surface area contributed by atoms with E-state index in [2.05, 4.69) is 5.32 Å². The predicted octanol–water partition coefficient (Wildman–Crippen LogP) is -1.20. The predicted molar refractivity (Wildman–Crippen MR) is 41.1 cm³/mol. The molecule has 0 atom stereocenters. The monoisotopic (exact) mass is 158 g/mol. The summed E-state index contributed by atoms with van der Waals surface area (Å²) in [5.74, 6) is 0.0547. The summed E-state index contributed by atoms with van der Waals surface area (Å²) in [6, 6.07) is 0. The molecule has 4 nitrogen and oxygen atoms in total. The Kier molecular flexibility index (Phi) is 2.15. The van der Waals surface area contributed by atoms with Crippen molar-refractivity contribution in [1.82, 2.24) is 10.2 Å². The van der Waals surface area contributed by atoms with Crippen LogP contribution in [0.15, 0.2) is 0 Å². The number of nitrogens with zero attached hydrogens (tertiary/aromatic N) is 1. The fraction of sp³-hybridized carbons (Fsp3) is 0.857. The third kappa shape index (κ3) is 1.91. The van der Waals surface area contributed by atoms with E-state index in [0.29, 0.717) is 19.6 Å². The molecule has 11 heavy (non-hydrogen) atoms. The van der Waals surface area contributed by atoms with E-state index in [1.165, 1.54) is 0 Å². The molecule has 0 aliphatic carbocycles. The van der Waals surface area contributed by atoms with Crippen molar-refractivity contribution in [1.29, 1.82) is 0 Å². The van der Waals surface area contributed by atoms with Crippen molar-refractivity contribution in [3.63, 3.8) is 0 Å². The number of amides is 1. The number of carbonyl (C=O) groups excluding carboxylic acids is 1. The molecule has 0 bridgehead atoms. The van der Waals surface area contributed by atoms with Crippen LogP contribution in [0.25, 0.3) is 0 Å². The van der Waals surface area contributed by atoms with Crippen LogP contribution in [0.1, 0.15) is 6.92 Å². The highest BCUT2D eigenvalue weighted by Gasteiger charge is 2.38. The number of β-amino-alcohol motifs (C(OH)–C–C–N with tert-alkyl or cyclic N) is 1. The molecule has 1 saturated heterocycles. The van der Waals surface area contributed by atoms with E-state index in [1.54, 1.807) is 18.9 Å². The van der Waals surface area contributed by atoms with Crippen molar-refractivity contribution in [2.24, 2.45) is 0 Å². The van der Waals surface area contributed by atoms with Crippen LogP contribution >= 0.6 is 0 Å². The van der Waals surface area contributed by atoms with Gasteiger partial charge in [0.25, 0.3) is 0 Å². The highest BCUT2D eigenvalue weighted by molar-refractivity contribution is 5.79. The van der Waals surface area contributed by atoms with Gasteiger partial charge in [0.05, 0.1) is 25.2 Å². The Morgan fingerprint density at radius 3 is 2.64 bits per heavy atom. The Morgan fingerprint density at radius 1 is 1.73 bits per heavy atom. The first kappa shape index (κ1) is 8.49. The summed E-state index contributed by atoms with van der Waals surface area (Å²) >= 11 is 0. The molecule has 1 amide bonds. The van der Waals surface area contributed by atoms with Crippen LogP contribution < -0.4 is 5.32 Å². The molecule has 1 aliphatic heterocycles. The fourth-order valence-corrected chi connectivity index (χ4v) is 1.22. The van der Waals surface area contributed by atoms with Gasteiger partial charge in [0.15, 0.2) is 0 Å². The lowest BCUT2D eigenvalue weighted by atomic mass is 9.97. The number of aliphatic hydroxyl groups is 1. The topological polar surface area (TPSA) is 52.6 Å². The van der Waals surface area contributed by atoms with E-state index < -0.39 is 5.60 Å². The van der Waals surface area contributed by atoms with Crippen LogP contribution in [0, 0.1) is 0 Å². The first-order chi connectivity index (χ1) is 5.05. The van der Waals surface area contributed by atoms with E-state index in [9.17, 15) is 9.90 Å². The first-order valence-corrected chi connectivity index (χ1v) is 3.70. The second-order valence-electron chi connectivity index (χ2n) is 3.28. The Labute approximate surface area is 66.2 Å². The van der Waals surface area contributed by atoms with Gasteiger partial charge in [-0.25, -0.2) is 0 Å². The Bertz CT molecular complexity index is 160. The second-order valence-corrected chi connectivity index (χ2v) is 3.28. The Balaban J connectivity index is 2.27. The molecule has 1 fully saturated rings. The van der Waals surface area contributed by atoms with Gasteiger partial charge >= 0.3 is 0 Å². The SMILES string of the molecule is CNCC(=O)N1CC(C)(O)C1. The van der Waals surface area contributed by atoms with Crippen LogP contribution in [0.2, 0.25) is 0 Å². The maximum Gasteiger partial charge on any atom is 0.236 e. The molecule has 1 aliphatic rings. The van der Waals surface area contributed by atoms with Gasteiger partial charge in [0.2, 0.25) is 5.91 Å². The third-order valence-electron chi connectivity index (χ3n) is 1.74. The Morgan fingerprint density at radius 2 is 2.27 bits per heavy atom. The summed E-state index contributed by atoms with van der Waals surface area (Å²) in [5.41, 5.74) is -0.649. The molecule has 0 aromatic heterocycles. The average Bonchev–Trinajstić information content (AvgIpc) is 1.83. The maximum absolute atomic E-state index is 11.1. The summed E-state index contributed by atoms with van der Waals surface area (Å²) in [5, 5.41) is 12.1. The van der Waals surface area contributed by atoms with E-state index in [1.807, 2.05) is 0 Å². The van der Waals surface area contributed by atoms with E-state index in [-0.39, 0.29) is 5.91 Å². The lowest BCUT2D eigenvalue weighted by molar-refractivity contribution is -0.151. The minimum Gasteiger partial charge on any atom is -0.386 e. The quantitative estimate of drug-likeness (QED) is 0.530. The highest BCUT2D eigenvalue weighted by Crippen LogP contribution is 2.18. The van der Waals surface area contributed by atoms with Gasteiger partial charge in [-0.05, 0) is 14.0 Å². The van der Waals surface area contributed by atoms with Crippen LogP contribution in [0.5, 0.6) is 0 Å². The van der Waals surface area contributed by atoms with Gasteiger partial charge in [0, 0.05) is 0 Å². The van der Waals surface area contributed by atoms with Crippen LogP contribution in [0.4, 0.5) is 0 Å². The van der Waals surface area contributed by atoms with Crippen LogP contribution in [-0.4, -0.2) is 48.2 Å². The number of nitrogens with one attached hydrogen (secondary N) is 1. The number of carbonyl (C=O) groups is 1. The van der Waals surface area contributed by atoms with E-state index >= 15 is 0 Å². The Hall–Kier alpha value is -0.610. The minimum atomic E-state index is -0.649. The minimum absolute atomic E-state index is 0.0547. The molecule has 1 rings (SSSR count). The van der Waals surface area contributed by atoms with Crippen molar-refractivity contribution in [2.45, 2.75) is 12.5 Å². The highest BCUT2D eigenvalue weighted by atomic mass is 16.3. The normalized spacial score (nSPS) is 21.2. The number of hydrogen-bond acceptors (Lipinski definition) is 3. The second kappa shape index (κ2) is 2.79. The smallest absolute Gasteiger partial charge is 0.236 e. The molecule has 64 valence electrons. The fourth-order valence-electron chi connectivity index (χ4n) is 1.22. The van der Waals surface area contributed by atoms with Crippen molar-refractivity contribution in [2.75, 3.05) is 26.7 Å². The lowest BCUT2D eigenvalue weighted by Crippen LogP contribution is -2.62. The van der Waals surface area contributed by atoms with Crippen molar-refractivity contribution in [3.05, 3.63) is 0 Å². The van der Waals surface area contributed by atoms with Gasteiger partial charge in [-0.2, -0.15) is 0 Å². The van der Waals surface area contributed by atoms with E-state index in [4.69, 9.17) is 0 Å². The standard InChI is InChI=1S/C7H14N2O2/c1-7(11)4-9(5-7)6(10)3-8-2/h8,11H,3-5H2,1-2H3. The van der Waals surface area contributed by atoms with Crippen LogP contribution in [-0.2, 0) is 4.79 Å². The zero-order valence-corrected chi connectivity index (χ0v) is 6.92. The zero-order chi connectivity index (χ0) is 8.48. The molecule has 4 heteroatoms. The summed E-state index contributed by atoms with van der Waals surface area (Å²) in [4.78, 5) is 12.7. The summed E-state index contributed by atoms with van der Waals surface area (Å²) in [6.45, 7) is 3.02. The largest absolute Gasteiger partial charge is 0.386 e. The van der Waals surface area contributed by atoms with Gasteiger partial charge in [-0.15, -0.1) is 0 Å². The summed E-state index contributed by atoms with van der Waals surface area (Å²) in [6.07, 6.45) is 0. The molecular formula is C7H14N2O2. The maximum atomic E-state index is 11.1. The number of hydrogen-bond donors (Lipinski definition) is 2. The lowest BCUT2D eigenvalue weighted by Gasteiger charge is -2.44. The van der Waals surface area contributed by atoms with Gasteiger partial charge in [0.1, 0.15) is 0 Å². The molecule has 0 saturated carbocycles. The first-order valence-electron chi connectivity index (χ1n) is 3.70. The number of likely N-dealkylation sites (N-methyl/N-ethyl adjacent to an activating group) is 1. The molecule has 0 radical (unpaired) electrons. The number of likely N-dealkylation sites (tertiary alicyclic amines) is 1. The van der Waals surface area contributed by atoms with Gasteiger partial charge < -0.3 is 15.3 Å². The molecule has 0 spiro atoms. The molecule has 0 unspecified atom stereocenters.